The van der Waals surface area contributed by atoms with Crippen LogP contribution in [0.5, 0.6) is 5.75 Å². The van der Waals surface area contributed by atoms with Gasteiger partial charge in [0.15, 0.2) is 0 Å². The number of carbonyl (C=O) groups is 2. The van der Waals surface area contributed by atoms with Gasteiger partial charge in [0, 0.05) is 5.69 Å². The van der Waals surface area contributed by atoms with Gasteiger partial charge in [0.1, 0.15) is 11.8 Å². The zero-order valence-corrected chi connectivity index (χ0v) is 10.9. The first-order valence-electron chi connectivity index (χ1n) is 5.90. The first kappa shape index (κ1) is 13.4. The van der Waals surface area contributed by atoms with Crippen molar-refractivity contribution in [1.29, 1.82) is 0 Å². The maximum atomic E-state index is 12.0. The molecule has 1 unspecified atom stereocenters. The van der Waals surface area contributed by atoms with Crippen LogP contribution in [0.2, 0.25) is 0 Å². The van der Waals surface area contributed by atoms with Gasteiger partial charge in [-0.2, -0.15) is 0 Å². The molecule has 1 aliphatic rings. The van der Waals surface area contributed by atoms with Crippen LogP contribution in [-0.2, 0) is 9.59 Å². The van der Waals surface area contributed by atoms with E-state index in [9.17, 15) is 9.59 Å². The average Bonchev–Trinajstić information content (AvgIpc) is 2.38. The van der Waals surface area contributed by atoms with Crippen LogP contribution in [0.3, 0.4) is 0 Å². The molecule has 1 atom stereocenters. The number of carbonyl (C=O) groups excluding carboxylic acids is 1. The third-order valence-electron chi connectivity index (χ3n) is 3.24. The number of carboxylic acids is 1. The summed E-state index contributed by atoms with van der Waals surface area (Å²) in [4.78, 5) is 26.2. The minimum absolute atomic E-state index is 0.100. The fourth-order valence-corrected chi connectivity index (χ4v) is 2.10. The molecule has 1 fully saturated rings. The molecule has 0 bridgehead atoms. The molecule has 0 radical (unpaired) electrons. The Labute approximate surface area is 111 Å². The second-order valence-corrected chi connectivity index (χ2v) is 4.47. The Morgan fingerprint density at radius 3 is 2.53 bits per heavy atom. The number of hydrogen-bond acceptors (Lipinski definition) is 4. The fourth-order valence-electron chi connectivity index (χ4n) is 2.10. The molecule has 6 nitrogen and oxygen atoms in total. The number of anilines is 1. The lowest BCUT2D eigenvalue weighted by Gasteiger charge is -2.36. The summed E-state index contributed by atoms with van der Waals surface area (Å²) in [6, 6.07) is 6.31. The van der Waals surface area contributed by atoms with Crippen LogP contribution in [0.4, 0.5) is 5.69 Å². The minimum atomic E-state index is -0.923. The molecule has 0 saturated carbocycles. The first-order valence-corrected chi connectivity index (χ1v) is 5.90. The summed E-state index contributed by atoms with van der Waals surface area (Å²) in [6.45, 7) is 0.250. The summed E-state index contributed by atoms with van der Waals surface area (Å²) in [5.41, 5.74) is 0.685. The van der Waals surface area contributed by atoms with Crippen molar-refractivity contribution in [3.8, 4) is 5.75 Å². The normalized spacial score (nSPS) is 20.4. The lowest BCUT2D eigenvalue weighted by molar-refractivity contribution is -0.144. The molecular formula is C13H16N2O4. The number of amides is 1. The Bertz CT molecular complexity index is 486. The van der Waals surface area contributed by atoms with Gasteiger partial charge in [0.2, 0.25) is 5.91 Å². The highest BCUT2D eigenvalue weighted by Gasteiger charge is 2.34. The summed E-state index contributed by atoms with van der Waals surface area (Å²) in [6.07, 6.45) is 0. The Morgan fingerprint density at radius 2 is 2.00 bits per heavy atom. The molecule has 102 valence electrons. The number of benzene rings is 1. The molecule has 2 rings (SSSR count). The van der Waals surface area contributed by atoms with Crippen molar-refractivity contribution in [2.75, 3.05) is 32.1 Å². The number of methoxy groups -OCH3 is 1. The molecule has 1 N–H and O–H groups in total. The van der Waals surface area contributed by atoms with E-state index >= 15 is 0 Å². The smallest absolute Gasteiger partial charge is 0.322 e. The molecule has 1 aromatic rings. The predicted molar refractivity (Wildman–Crippen MR) is 69.4 cm³/mol. The topological polar surface area (TPSA) is 70.1 Å². The molecule has 0 aliphatic carbocycles. The molecule has 6 heteroatoms. The minimum Gasteiger partial charge on any atom is -0.497 e. The van der Waals surface area contributed by atoms with Gasteiger partial charge in [0.05, 0.1) is 20.2 Å². The van der Waals surface area contributed by atoms with E-state index in [4.69, 9.17) is 9.84 Å². The standard InChI is InChI=1S/C13H16N2O4/c1-14-8-12(16)15(7-11(14)13(17)18)9-3-5-10(19-2)6-4-9/h3-6,11H,7-8H2,1-2H3,(H,17,18). The molecule has 1 heterocycles. The lowest BCUT2D eigenvalue weighted by Crippen LogP contribution is -2.57. The van der Waals surface area contributed by atoms with E-state index in [0.717, 1.165) is 0 Å². The van der Waals surface area contributed by atoms with E-state index in [1.807, 2.05) is 0 Å². The average molecular weight is 264 g/mol. The van der Waals surface area contributed by atoms with Crippen LogP contribution in [-0.4, -0.2) is 55.2 Å². The fraction of sp³-hybridized carbons (Fsp3) is 0.385. The largest absolute Gasteiger partial charge is 0.497 e. The zero-order valence-electron chi connectivity index (χ0n) is 10.9. The van der Waals surface area contributed by atoms with Gasteiger partial charge in [0.25, 0.3) is 0 Å². The summed E-state index contributed by atoms with van der Waals surface area (Å²) in [7, 11) is 3.21. The van der Waals surface area contributed by atoms with Crippen molar-refractivity contribution >= 4 is 17.6 Å². The van der Waals surface area contributed by atoms with Crippen LogP contribution in [0.25, 0.3) is 0 Å². The molecule has 1 aromatic carbocycles. The summed E-state index contributed by atoms with van der Waals surface area (Å²) < 4.78 is 5.05. The van der Waals surface area contributed by atoms with E-state index in [1.54, 1.807) is 43.3 Å². The third-order valence-corrected chi connectivity index (χ3v) is 3.24. The highest BCUT2D eigenvalue weighted by Crippen LogP contribution is 2.22. The second kappa shape index (κ2) is 5.27. The van der Waals surface area contributed by atoms with Crippen molar-refractivity contribution in [1.82, 2.24) is 4.90 Å². The van der Waals surface area contributed by atoms with Gasteiger partial charge in [-0.15, -0.1) is 0 Å². The molecule has 0 aromatic heterocycles. The summed E-state index contributed by atoms with van der Waals surface area (Å²) in [5, 5.41) is 9.14. The van der Waals surface area contributed by atoms with Crippen LogP contribution < -0.4 is 9.64 Å². The third kappa shape index (κ3) is 2.68. The molecule has 1 aliphatic heterocycles. The molecule has 0 spiro atoms. The van der Waals surface area contributed by atoms with E-state index in [2.05, 4.69) is 0 Å². The SMILES string of the molecule is COc1ccc(N2CC(C(=O)O)N(C)CC2=O)cc1. The number of carboxylic acid groups (broad SMARTS) is 1. The van der Waals surface area contributed by atoms with Crippen LogP contribution in [0, 0.1) is 0 Å². The second-order valence-electron chi connectivity index (χ2n) is 4.47. The van der Waals surface area contributed by atoms with E-state index in [1.165, 1.54) is 4.90 Å². The molecule has 1 amide bonds. The Kier molecular flexibility index (Phi) is 3.71. The molecule has 19 heavy (non-hydrogen) atoms. The monoisotopic (exact) mass is 264 g/mol. The van der Waals surface area contributed by atoms with Crippen molar-refractivity contribution < 1.29 is 19.4 Å². The summed E-state index contributed by atoms with van der Waals surface area (Å²) in [5.74, 6) is -0.334. The van der Waals surface area contributed by atoms with Gasteiger partial charge in [-0.05, 0) is 31.3 Å². The van der Waals surface area contributed by atoms with Crippen LogP contribution in [0.15, 0.2) is 24.3 Å². The Hall–Kier alpha value is -2.08. The Balaban J connectivity index is 2.22. The predicted octanol–water partition coefficient (Wildman–Crippen LogP) is 0.427. The van der Waals surface area contributed by atoms with Crippen LogP contribution >= 0.6 is 0 Å². The quantitative estimate of drug-likeness (QED) is 0.857. The number of nitrogens with zero attached hydrogens (tertiary/aromatic N) is 2. The number of rotatable bonds is 3. The van der Waals surface area contributed by atoms with E-state index in [0.29, 0.717) is 11.4 Å². The number of likely N-dealkylation sites (N-methyl/N-ethyl adjacent to an activating group) is 1. The van der Waals surface area contributed by atoms with Gasteiger partial charge in [-0.3, -0.25) is 14.5 Å². The molecule has 1 saturated heterocycles. The highest BCUT2D eigenvalue weighted by molar-refractivity contribution is 5.97. The van der Waals surface area contributed by atoms with Gasteiger partial charge in [-0.1, -0.05) is 0 Å². The first-order chi connectivity index (χ1) is 9.02. The van der Waals surface area contributed by atoms with Crippen LogP contribution in [0.1, 0.15) is 0 Å². The van der Waals surface area contributed by atoms with Crippen molar-refractivity contribution in [2.24, 2.45) is 0 Å². The molecular weight excluding hydrogens is 248 g/mol. The van der Waals surface area contributed by atoms with Crippen molar-refractivity contribution in [3.05, 3.63) is 24.3 Å². The Morgan fingerprint density at radius 1 is 1.37 bits per heavy atom. The van der Waals surface area contributed by atoms with Gasteiger partial charge < -0.3 is 14.7 Å². The number of aliphatic carboxylic acids is 1. The van der Waals surface area contributed by atoms with E-state index < -0.39 is 12.0 Å². The maximum Gasteiger partial charge on any atom is 0.322 e. The number of ether oxygens (including phenoxy) is 1. The van der Waals surface area contributed by atoms with Crippen molar-refractivity contribution in [3.63, 3.8) is 0 Å². The van der Waals surface area contributed by atoms with Crippen molar-refractivity contribution in [2.45, 2.75) is 6.04 Å². The summed E-state index contributed by atoms with van der Waals surface area (Å²) >= 11 is 0. The maximum absolute atomic E-state index is 12.0. The van der Waals surface area contributed by atoms with Gasteiger partial charge in [-0.25, -0.2) is 0 Å². The van der Waals surface area contributed by atoms with E-state index in [-0.39, 0.29) is 19.0 Å². The lowest BCUT2D eigenvalue weighted by atomic mass is 10.1. The number of hydrogen-bond donors (Lipinski definition) is 1. The number of piperazine rings is 1. The zero-order chi connectivity index (χ0) is 14.0. The van der Waals surface area contributed by atoms with Gasteiger partial charge >= 0.3 is 5.97 Å². The highest BCUT2D eigenvalue weighted by atomic mass is 16.5.